The molecule has 1 aliphatic heterocycles. The Morgan fingerprint density at radius 1 is 1.26 bits per heavy atom. The largest absolute Gasteiger partial charge is 0.493 e. The van der Waals surface area contributed by atoms with E-state index >= 15 is 0 Å². The SMILES string of the molecule is COC(=O)c1ccc(COc2ccc([C@@H]3N[C@H](C(=O)O)CS3)cc2OC)o1. The third-order valence-electron chi connectivity index (χ3n) is 3.99. The number of methoxy groups -OCH3 is 2. The number of carboxylic acids is 1. The van der Waals surface area contributed by atoms with Crippen molar-refractivity contribution in [1.29, 1.82) is 0 Å². The van der Waals surface area contributed by atoms with E-state index in [0.717, 1.165) is 5.56 Å². The zero-order chi connectivity index (χ0) is 19.4. The normalized spacial score (nSPS) is 18.9. The second-order valence-corrected chi connectivity index (χ2v) is 6.87. The molecule has 2 N–H and O–H groups in total. The molecule has 0 radical (unpaired) electrons. The Morgan fingerprint density at radius 2 is 2.07 bits per heavy atom. The first kappa shape index (κ1) is 19.1. The average Bonchev–Trinajstić information content (AvgIpc) is 3.35. The molecular formula is C18H19NO7S. The number of furan rings is 1. The summed E-state index contributed by atoms with van der Waals surface area (Å²) in [6.07, 6.45) is 0. The van der Waals surface area contributed by atoms with Crippen LogP contribution < -0.4 is 14.8 Å². The lowest BCUT2D eigenvalue weighted by molar-refractivity contribution is -0.138. The number of hydrogen-bond donors (Lipinski definition) is 2. The van der Waals surface area contributed by atoms with E-state index < -0.39 is 18.0 Å². The molecule has 0 bridgehead atoms. The predicted octanol–water partition coefficient (Wildman–Crippen LogP) is 2.44. The fourth-order valence-electron chi connectivity index (χ4n) is 2.59. The summed E-state index contributed by atoms with van der Waals surface area (Å²) in [5.41, 5.74) is 0.902. The molecule has 0 saturated carbocycles. The van der Waals surface area contributed by atoms with E-state index in [1.807, 2.05) is 12.1 Å². The monoisotopic (exact) mass is 393 g/mol. The lowest BCUT2D eigenvalue weighted by atomic mass is 10.2. The highest BCUT2D eigenvalue weighted by Gasteiger charge is 2.30. The second-order valence-electron chi connectivity index (χ2n) is 5.73. The van der Waals surface area contributed by atoms with Crippen molar-refractivity contribution in [2.45, 2.75) is 18.0 Å². The minimum absolute atomic E-state index is 0.107. The smallest absolute Gasteiger partial charge is 0.373 e. The van der Waals surface area contributed by atoms with Gasteiger partial charge in [-0.2, -0.15) is 0 Å². The van der Waals surface area contributed by atoms with Gasteiger partial charge in [-0.1, -0.05) is 6.07 Å². The first-order valence-corrected chi connectivity index (χ1v) is 9.15. The van der Waals surface area contributed by atoms with Crippen molar-refractivity contribution < 1.29 is 33.3 Å². The zero-order valence-corrected chi connectivity index (χ0v) is 15.6. The molecule has 3 rings (SSSR count). The number of thioether (sulfide) groups is 1. The second kappa shape index (κ2) is 8.36. The van der Waals surface area contributed by atoms with Gasteiger partial charge in [-0.15, -0.1) is 11.8 Å². The van der Waals surface area contributed by atoms with Gasteiger partial charge in [-0.05, 0) is 29.8 Å². The van der Waals surface area contributed by atoms with Gasteiger partial charge in [-0.3, -0.25) is 10.1 Å². The average molecular weight is 393 g/mol. The van der Waals surface area contributed by atoms with Crippen molar-refractivity contribution in [3.63, 3.8) is 0 Å². The standard InChI is InChI=1S/C18H19NO7S/c1-23-15-7-10(16-19-12(9-27-16)17(20)21)3-5-13(15)25-8-11-4-6-14(26-11)18(22)24-2/h3-7,12,16,19H,8-9H2,1-2H3,(H,20,21)/t12-,16+/m0/s1. The fourth-order valence-corrected chi connectivity index (χ4v) is 3.81. The number of rotatable bonds is 7. The van der Waals surface area contributed by atoms with E-state index in [-0.39, 0.29) is 17.7 Å². The minimum Gasteiger partial charge on any atom is -0.493 e. The van der Waals surface area contributed by atoms with Gasteiger partial charge in [-0.25, -0.2) is 4.79 Å². The molecule has 0 unspecified atom stereocenters. The highest BCUT2D eigenvalue weighted by atomic mass is 32.2. The van der Waals surface area contributed by atoms with Gasteiger partial charge >= 0.3 is 11.9 Å². The van der Waals surface area contributed by atoms with E-state index in [2.05, 4.69) is 10.1 Å². The van der Waals surface area contributed by atoms with Crippen molar-refractivity contribution in [3.05, 3.63) is 47.4 Å². The van der Waals surface area contributed by atoms with Crippen LogP contribution in [0.4, 0.5) is 0 Å². The molecule has 2 aromatic rings. The molecule has 27 heavy (non-hydrogen) atoms. The van der Waals surface area contributed by atoms with Crippen LogP contribution in [-0.4, -0.2) is 43.1 Å². The molecule has 1 saturated heterocycles. The molecule has 0 amide bonds. The van der Waals surface area contributed by atoms with Crippen LogP contribution in [0.5, 0.6) is 11.5 Å². The summed E-state index contributed by atoms with van der Waals surface area (Å²) in [4.78, 5) is 22.5. The third-order valence-corrected chi connectivity index (χ3v) is 5.26. The number of aliphatic carboxylic acids is 1. The number of hydrogen-bond acceptors (Lipinski definition) is 8. The molecule has 0 spiro atoms. The molecule has 1 aromatic carbocycles. The molecule has 2 heterocycles. The molecule has 144 valence electrons. The summed E-state index contributed by atoms with van der Waals surface area (Å²) in [7, 11) is 2.81. The Morgan fingerprint density at radius 3 is 2.74 bits per heavy atom. The summed E-state index contributed by atoms with van der Waals surface area (Å²) < 4.78 is 21.1. The number of carbonyl (C=O) groups excluding carboxylic acids is 1. The molecule has 8 nitrogen and oxygen atoms in total. The van der Waals surface area contributed by atoms with Gasteiger partial charge < -0.3 is 23.7 Å². The summed E-state index contributed by atoms with van der Waals surface area (Å²) in [6, 6.07) is 8.02. The van der Waals surface area contributed by atoms with E-state index in [0.29, 0.717) is 23.0 Å². The summed E-state index contributed by atoms with van der Waals surface area (Å²) in [5, 5.41) is 12.0. The fraction of sp³-hybridized carbons (Fsp3) is 0.333. The number of ether oxygens (including phenoxy) is 3. The number of benzene rings is 1. The Kier molecular flexibility index (Phi) is 5.92. The molecule has 1 aliphatic rings. The van der Waals surface area contributed by atoms with Crippen LogP contribution >= 0.6 is 11.8 Å². The molecule has 9 heteroatoms. The van der Waals surface area contributed by atoms with Crippen molar-refractivity contribution in [2.75, 3.05) is 20.0 Å². The van der Waals surface area contributed by atoms with Gasteiger partial charge in [0.1, 0.15) is 18.4 Å². The maximum absolute atomic E-state index is 11.4. The van der Waals surface area contributed by atoms with Crippen LogP contribution in [0.2, 0.25) is 0 Å². The van der Waals surface area contributed by atoms with Crippen molar-refractivity contribution >= 4 is 23.7 Å². The quantitative estimate of drug-likeness (QED) is 0.686. The van der Waals surface area contributed by atoms with Gasteiger partial charge in [0.15, 0.2) is 11.5 Å². The number of nitrogens with one attached hydrogen (secondary N) is 1. The number of esters is 1. The van der Waals surface area contributed by atoms with E-state index in [1.54, 1.807) is 12.1 Å². The molecule has 1 aromatic heterocycles. The Balaban J connectivity index is 1.67. The number of carboxylic acid groups (broad SMARTS) is 1. The number of carbonyl (C=O) groups is 2. The highest BCUT2D eigenvalue weighted by Crippen LogP contribution is 2.37. The van der Waals surface area contributed by atoms with Gasteiger partial charge in [0, 0.05) is 5.75 Å². The third kappa shape index (κ3) is 4.37. The minimum atomic E-state index is -0.860. The van der Waals surface area contributed by atoms with Crippen molar-refractivity contribution in [1.82, 2.24) is 5.32 Å². The van der Waals surface area contributed by atoms with Gasteiger partial charge in [0.2, 0.25) is 5.76 Å². The Bertz CT molecular complexity index is 835. The first-order chi connectivity index (χ1) is 13.0. The van der Waals surface area contributed by atoms with Gasteiger partial charge in [0.25, 0.3) is 0 Å². The van der Waals surface area contributed by atoms with E-state index in [9.17, 15) is 9.59 Å². The molecule has 1 fully saturated rings. The highest BCUT2D eigenvalue weighted by molar-refractivity contribution is 7.99. The zero-order valence-electron chi connectivity index (χ0n) is 14.8. The van der Waals surface area contributed by atoms with Crippen LogP contribution in [0.15, 0.2) is 34.7 Å². The molecule has 0 aliphatic carbocycles. The maximum atomic E-state index is 11.4. The lowest BCUT2D eigenvalue weighted by Gasteiger charge is -2.15. The van der Waals surface area contributed by atoms with Crippen molar-refractivity contribution in [3.8, 4) is 11.5 Å². The maximum Gasteiger partial charge on any atom is 0.373 e. The van der Waals surface area contributed by atoms with Crippen LogP contribution in [0, 0.1) is 0 Å². The summed E-state index contributed by atoms with van der Waals surface area (Å²) >= 11 is 1.53. The van der Waals surface area contributed by atoms with Crippen LogP contribution in [-0.2, 0) is 16.1 Å². The van der Waals surface area contributed by atoms with Crippen LogP contribution in [0.25, 0.3) is 0 Å². The van der Waals surface area contributed by atoms with E-state index in [1.165, 1.54) is 32.0 Å². The van der Waals surface area contributed by atoms with Gasteiger partial charge in [0.05, 0.1) is 19.6 Å². The first-order valence-electron chi connectivity index (χ1n) is 8.10. The van der Waals surface area contributed by atoms with Crippen LogP contribution in [0.1, 0.15) is 27.3 Å². The van der Waals surface area contributed by atoms with E-state index in [4.69, 9.17) is 19.0 Å². The molecular weight excluding hydrogens is 374 g/mol. The summed E-state index contributed by atoms with van der Waals surface area (Å²) in [6.45, 7) is 0.115. The lowest BCUT2D eigenvalue weighted by Crippen LogP contribution is -2.33. The van der Waals surface area contributed by atoms with Crippen LogP contribution in [0.3, 0.4) is 0 Å². The summed E-state index contributed by atoms with van der Waals surface area (Å²) in [5.74, 6) is 0.700. The Hall–Kier alpha value is -2.65. The Labute approximate surface area is 159 Å². The van der Waals surface area contributed by atoms with Crippen molar-refractivity contribution in [2.24, 2.45) is 0 Å². The topological polar surface area (TPSA) is 107 Å². The predicted molar refractivity (Wildman–Crippen MR) is 97.1 cm³/mol. The molecule has 2 atom stereocenters.